The first-order valence-electron chi connectivity index (χ1n) is 12.3. The summed E-state index contributed by atoms with van der Waals surface area (Å²) in [6.45, 7) is 0.523. The molecule has 0 saturated carbocycles. The van der Waals surface area contributed by atoms with Gasteiger partial charge in [-0.05, 0) is 42.0 Å². The number of likely N-dealkylation sites (tertiary alicyclic amines) is 1. The van der Waals surface area contributed by atoms with Crippen LogP contribution in [0.25, 0.3) is 10.9 Å². The van der Waals surface area contributed by atoms with Crippen molar-refractivity contribution in [3.05, 3.63) is 94.6 Å². The van der Waals surface area contributed by atoms with Crippen molar-refractivity contribution in [1.29, 1.82) is 0 Å². The maximum atomic E-state index is 13.9. The number of anilines is 1. The molecule has 2 atom stereocenters. The van der Waals surface area contributed by atoms with E-state index in [4.69, 9.17) is 16.3 Å². The Bertz CT molecular complexity index is 1560. The van der Waals surface area contributed by atoms with E-state index in [-0.39, 0.29) is 18.4 Å². The van der Waals surface area contributed by atoms with Gasteiger partial charge in [0, 0.05) is 40.9 Å². The predicted octanol–water partition coefficient (Wildman–Crippen LogP) is 4.25. The molecule has 0 bridgehead atoms. The van der Waals surface area contributed by atoms with Gasteiger partial charge < -0.3 is 15.0 Å². The number of amides is 3. The van der Waals surface area contributed by atoms with E-state index in [1.54, 1.807) is 47.5 Å². The lowest BCUT2D eigenvalue weighted by molar-refractivity contribution is -0.133. The van der Waals surface area contributed by atoms with Gasteiger partial charge in [0.05, 0.1) is 23.9 Å². The van der Waals surface area contributed by atoms with Crippen molar-refractivity contribution in [2.24, 2.45) is 0 Å². The molecule has 9 nitrogen and oxygen atoms in total. The van der Waals surface area contributed by atoms with Gasteiger partial charge in [0.2, 0.25) is 5.91 Å². The van der Waals surface area contributed by atoms with Crippen molar-refractivity contribution in [2.45, 2.75) is 24.5 Å². The highest BCUT2D eigenvalue weighted by molar-refractivity contribution is 6.30. The third-order valence-electron chi connectivity index (χ3n) is 7.13. The molecule has 3 heterocycles. The Labute approximate surface area is 223 Å². The summed E-state index contributed by atoms with van der Waals surface area (Å²) in [5.74, 6) is -0.608. The molecule has 1 fully saturated rings. The SMILES string of the molecule is O=C1Nc2ccc(Cl)cc2C2(CCN(C(=O)[C@H](Cc3ccccc3)NC(=O)c3ccc4[nH]ncc4c3)C2)O1. The van der Waals surface area contributed by atoms with Gasteiger partial charge in [-0.1, -0.05) is 41.9 Å². The zero-order chi connectivity index (χ0) is 26.3. The highest BCUT2D eigenvalue weighted by Gasteiger charge is 2.49. The van der Waals surface area contributed by atoms with Crippen LogP contribution in [-0.2, 0) is 21.6 Å². The Morgan fingerprint density at radius 2 is 1.97 bits per heavy atom. The number of aromatic amines is 1. The van der Waals surface area contributed by atoms with Crippen LogP contribution in [0.1, 0.15) is 27.9 Å². The summed E-state index contributed by atoms with van der Waals surface area (Å²) in [6.07, 6.45) is 1.81. The number of fused-ring (bicyclic) bond motifs is 3. The fraction of sp³-hybridized carbons (Fsp3) is 0.214. The number of carbonyl (C=O) groups is 3. The van der Waals surface area contributed by atoms with Crippen LogP contribution < -0.4 is 10.6 Å². The van der Waals surface area contributed by atoms with E-state index < -0.39 is 17.7 Å². The van der Waals surface area contributed by atoms with E-state index in [1.807, 2.05) is 30.3 Å². The van der Waals surface area contributed by atoms with Crippen molar-refractivity contribution in [3.63, 3.8) is 0 Å². The minimum atomic E-state index is -1.01. The van der Waals surface area contributed by atoms with Gasteiger partial charge in [0.25, 0.3) is 5.91 Å². The second kappa shape index (κ2) is 9.50. The number of H-pyrrole nitrogens is 1. The van der Waals surface area contributed by atoms with Crippen LogP contribution in [0.2, 0.25) is 5.02 Å². The smallest absolute Gasteiger partial charge is 0.412 e. The number of nitrogens with zero attached hydrogens (tertiary/aromatic N) is 2. The maximum Gasteiger partial charge on any atom is 0.412 e. The second-order valence-corrected chi connectivity index (χ2v) is 10.0. The number of carbonyl (C=O) groups excluding carboxylic acids is 3. The normalized spacial score (nSPS) is 19.1. The molecule has 10 heteroatoms. The lowest BCUT2D eigenvalue weighted by Gasteiger charge is -2.35. The molecule has 192 valence electrons. The van der Waals surface area contributed by atoms with Gasteiger partial charge in [-0.25, -0.2) is 4.79 Å². The number of aromatic nitrogens is 2. The van der Waals surface area contributed by atoms with E-state index in [9.17, 15) is 14.4 Å². The third-order valence-corrected chi connectivity index (χ3v) is 7.36. The van der Waals surface area contributed by atoms with Crippen molar-refractivity contribution < 1.29 is 19.1 Å². The number of hydrogen-bond acceptors (Lipinski definition) is 5. The topological polar surface area (TPSA) is 116 Å². The monoisotopic (exact) mass is 529 g/mol. The van der Waals surface area contributed by atoms with Gasteiger partial charge in [-0.15, -0.1) is 0 Å². The summed E-state index contributed by atoms with van der Waals surface area (Å²) in [5, 5.41) is 13.8. The molecule has 1 spiro atoms. The molecule has 38 heavy (non-hydrogen) atoms. The Balaban J connectivity index is 1.27. The molecular weight excluding hydrogens is 506 g/mol. The first-order valence-corrected chi connectivity index (χ1v) is 12.6. The average Bonchev–Trinajstić information content (AvgIpc) is 3.56. The van der Waals surface area contributed by atoms with E-state index >= 15 is 0 Å². The number of rotatable bonds is 5. The van der Waals surface area contributed by atoms with E-state index in [2.05, 4.69) is 20.8 Å². The number of hydrogen-bond donors (Lipinski definition) is 3. The Morgan fingerprint density at radius 3 is 2.82 bits per heavy atom. The lowest BCUT2D eigenvalue weighted by atomic mass is 9.90. The average molecular weight is 530 g/mol. The summed E-state index contributed by atoms with van der Waals surface area (Å²) >= 11 is 6.26. The summed E-state index contributed by atoms with van der Waals surface area (Å²) in [7, 11) is 0. The zero-order valence-corrected chi connectivity index (χ0v) is 21.0. The van der Waals surface area contributed by atoms with Crippen LogP contribution >= 0.6 is 11.6 Å². The largest absolute Gasteiger partial charge is 0.436 e. The summed E-state index contributed by atoms with van der Waals surface area (Å²) in [6, 6.07) is 19.1. The van der Waals surface area contributed by atoms with Crippen molar-refractivity contribution in [2.75, 3.05) is 18.4 Å². The fourth-order valence-corrected chi connectivity index (χ4v) is 5.41. The van der Waals surface area contributed by atoms with Gasteiger partial charge in [0.15, 0.2) is 5.60 Å². The molecular formula is C28H24ClN5O4. The third kappa shape index (κ3) is 4.45. The molecule has 1 aromatic heterocycles. The predicted molar refractivity (Wildman–Crippen MR) is 142 cm³/mol. The van der Waals surface area contributed by atoms with Gasteiger partial charge in [-0.2, -0.15) is 5.10 Å². The van der Waals surface area contributed by atoms with Crippen LogP contribution in [0.4, 0.5) is 10.5 Å². The number of halogens is 1. The Hall–Kier alpha value is -4.37. The molecule has 3 amide bonds. The number of benzene rings is 3. The Morgan fingerprint density at radius 1 is 1.13 bits per heavy atom. The number of ether oxygens (including phenoxy) is 1. The first-order chi connectivity index (χ1) is 18.4. The summed E-state index contributed by atoms with van der Waals surface area (Å²) in [4.78, 5) is 41.2. The van der Waals surface area contributed by atoms with Crippen molar-refractivity contribution in [3.8, 4) is 0 Å². The van der Waals surface area contributed by atoms with Gasteiger partial charge in [0.1, 0.15) is 6.04 Å². The van der Waals surface area contributed by atoms with Crippen LogP contribution in [0.5, 0.6) is 0 Å². The first kappa shape index (κ1) is 24.0. The molecule has 0 radical (unpaired) electrons. The standard InChI is InChI=1S/C28H24ClN5O4/c29-20-7-9-23-21(14-20)28(38-27(37)32-23)10-11-34(16-28)26(36)24(12-17-4-2-1-3-5-17)31-25(35)18-6-8-22-19(13-18)15-30-33-22/h1-9,13-15,24H,10-12,16H2,(H,30,33)(H,31,35)(H,32,37)/t24-,28?/m0/s1. The van der Waals surface area contributed by atoms with Crippen LogP contribution in [0.15, 0.2) is 72.9 Å². The van der Waals surface area contributed by atoms with Gasteiger partial charge in [-0.3, -0.25) is 20.0 Å². The zero-order valence-electron chi connectivity index (χ0n) is 20.2. The quantitative estimate of drug-likeness (QED) is 0.357. The molecule has 1 saturated heterocycles. The molecule has 6 rings (SSSR count). The van der Waals surface area contributed by atoms with Crippen molar-refractivity contribution in [1.82, 2.24) is 20.4 Å². The molecule has 2 aliphatic rings. The van der Waals surface area contributed by atoms with E-state index in [1.165, 1.54) is 0 Å². The minimum Gasteiger partial charge on any atom is -0.436 e. The second-order valence-electron chi connectivity index (χ2n) is 9.60. The fourth-order valence-electron chi connectivity index (χ4n) is 5.24. The molecule has 2 aliphatic heterocycles. The molecule has 3 aromatic carbocycles. The molecule has 4 aromatic rings. The Kier molecular flexibility index (Phi) is 6.00. The lowest BCUT2D eigenvalue weighted by Crippen LogP contribution is -2.50. The molecule has 3 N–H and O–H groups in total. The van der Waals surface area contributed by atoms with Crippen molar-refractivity contribution >= 4 is 46.1 Å². The minimum absolute atomic E-state index is 0.161. The highest BCUT2D eigenvalue weighted by Crippen LogP contribution is 2.43. The van der Waals surface area contributed by atoms with Gasteiger partial charge >= 0.3 is 6.09 Å². The van der Waals surface area contributed by atoms with E-state index in [0.717, 1.165) is 22.0 Å². The maximum absolute atomic E-state index is 13.9. The summed E-state index contributed by atoms with van der Waals surface area (Å²) < 4.78 is 5.78. The van der Waals surface area contributed by atoms with Crippen LogP contribution in [-0.4, -0.2) is 52.1 Å². The van der Waals surface area contributed by atoms with E-state index in [0.29, 0.717) is 35.7 Å². The van der Waals surface area contributed by atoms with Crippen LogP contribution in [0, 0.1) is 0 Å². The highest BCUT2D eigenvalue weighted by atomic mass is 35.5. The molecule has 0 aliphatic carbocycles. The molecule has 1 unspecified atom stereocenters. The van der Waals surface area contributed by atoms with Crippen LogP contribution in [0.3, 0.4) is 0 Å². The summed E-state index contributed by atoms with van der Waals surface area (Å²) in [5.41, 5.74) is 2.50. The number of nitrogens with one attached hydrogen (secondary N) is 3.